The van der Waals surface area contributed by atoms with Gasteiger partial charge in [0.25, 0.3) is 5.91 Å². The van der Waals surface area contributed by atoms with Crippen LogP contribution in [0.4, 0.5) is 10.2 Å². The third-order valence-electron chi connectivity index (χ3n) is 15.3. The zero-order valence-corrected chi connectivity index (χ0v) is 38.7. The quantitative estimate of drug-likeness (QED) is 0.166. The van der Waals surface area contributed by atoms with Gasteiger partial charge in [0.15, 0.2) is 0 Å². The number of anilines is 1. The van der Waals surface area contributed by atoms with E-state index in [0.717, 1.165) is 112 Å². The van der Waals surface area contributed by atoms with E-state index in [1.807, 2.05) is 47.6 Å². The molecule has 16 heteroatoms. The number of fused-ring (bicyclic) bond motifs is 2. The number of carbonyl (C=O) groups excluding carboxylic acids is 3. The van der Waals surface area contributed by atoms with Crippen LogP contribution in [0.15, 0.2) is 77.9 Å². The first-order chi connectivity index (χ1) is 32.4. The van der Waals surface area contributed by atoms with Gasteiger partial charge in [0.1, 0.15) is 23.3 Å². The summed E-state index contributed by atoms with van der Waals surface area (Å²) in [7, 11) is 3.73. The van der Waals surface area contributed by atoms with Crippen LogP contribution in [0.2, 0.25) is 0 Å². The van der Waals surface area contributed by atoms with Crippen molar-refractivity contribution in [1.82, 2.24) is 48.6 Å². The van der Waals surface area contributed by atoms with Gasteiger partial charge in [-0.25, -0.2) is 19.2 Å². The molecule has 6 aromatic rings. The van der Waals surface area contributed by atoms with E-state index < -0.39 is 23.5 Å². The highest BCUT2D eigenvalue weighted by Gasteiger charge is 2.33. The number of rotatable bonds is 10. The SMILES string of the molecule is C[C@@H](c1cc2c(-c3ccc(N)nc3)ccnc2n1C)N1CCC(c2ccc(C(=O)N3CCC(CN4CCN(Cc5cc6c(cc5F)n(C5CCC(=O)NC5=O)c(=O)n6C)CC4)CC3)cc2)CC1. The number of nitrogens with two attached hydrogens (primary N) is 1. The van der Waals surface area contributed by atoms with Gasteiger partial charge in [-0.1, -0.05) is 12.1 Å². The third kappa shape index (κ3) is 8.78. The summed E-state index contributed by atoms with van der Waals surface area (Å²) in [5, 5.41) is 3.42. The van der Waals surface area contributed by atoms with Crippen LogP contribution in [0.3, 0.4) is 0 Å². The average molecular weight is 910 g/mol. The molecule has 0 spiro atoms. The monoisotopic (exact) mass is 909 g/mol. The fourth-order valence-corrected chi connectivity index (χ4v) is 11.2. The van der Waals surface area contributed by atoms with Crippen LogP contribution in [0.1, 0.15) is 90.6 Å². The number of imidazole rings is 1. The molecule has 0 bridgehead atoms. The minimum absolute atomic E-state index is 0.112. The number of nitrogen functional groups attached to an aromatic ring is 1. The smallest absolute Gasteiger partial charge is 0.329 e. The summed E-state index contributed by atoms with van der Waals surface area (Å²) < 4.78 is 20.6. The van der Waals surface area contributed by atoms with E-state index in [-0.39, 0.29) is 30.7 Å². The van der Waals surface area contributed by atoms with Crippen molar-refractivity contribution in [3.63, 3.8) is 0 Å². The van der Waals surface area contributed by atoms with E-state index in [1.54, 1.807) is 13.1 Å². The van der Waals surface area contributed by atoms with Crippen LogP contribution in [-0.2, 0) is 30.2 Å². The summed E-state index contributed by atoms with van der Waals surface area (Å²) >= 11 is 0. The Morgan fingerprint density at radius 3 is 2.25 bits per heavy atom. The Morgan fingerprint density at radius 1 is 0.821 bits per heavy atom. The number of benzene rings is 2. The predicted molar refractivity (Wildman–Crippen MR) is 256 cm³/mol. The molecule has 0 saturated carbocycles. The number of nitrogens with one attached hydrogen (secondary N) is 1. The minimum atomic E-state index is -0.855. The molecule has 2 aromatic carbocycles. The van der Waals surface area contributed by atoms with E-state index in [1.165, 1.54) is 26.5 Å². The first-order valence-corrected chi connectivity index (χ1v) is 23.9. The number of aryl methyl sites for hydroxylation is 2. The van der Waals surface area contributed by atoms with Gasteiger partial charge in [-0.15, -0.1) is 0 Å². The number of likely N-dealkylation sites (tertiary alicyclic amines) is 2. The Morgan fingerprint density at radius 2 is 1.55 bits per heavy atom. The van der Waals surface area contributed by atoms with Gasteiger partial charge < -0.3 is 20.1 Å². The summed E-state index contributed by atoms with van der Waals surface area (Å²) in [5.41, 5.74) is 13.3. The van der Waals surface area contributed by atoms with Crippen molar-refractivity contribution >= 4 is 45.6 Å². The molecule has 4 aliphatic rings. The topological polar surface area (TPSA) is 160 Å². The van der Waals surface area contributed by atoms with Crippen LogP contribution >= 0.6 is 0 Å². The molecule has 350 valence electrons. The van der Waals surface area contributed by atoms with Crippen LogP contribution in [0.5, 0.6) is 0 Å². The molecule has 4 aromatic heterocycles. The van der Waals surface area contributed by atoms with E-state index >= 15 is 4.39 Å². The standard InChI is InChI=1S/C51H60FN11O4/c1-32(43-27-40-39(12-17-54-48(40)57(43)2)37-8-10-46(53)55-29-37)61-20-15-35(16-21-61)34-4-6-36(7-5-34)50(66)62-18-13-33(14-19-62)30-59-22-24-60(25-23-59)31-38-26-44-45(28-41(38)52)63(51(67)58(44)3)42-9-11-47(64)56-49(42)65/h4-8,10,12,17,26-29,32-33,35,42H,9,11,13-16,18-25,30-31H2,1-3H3,(H2,53,55)(H,56,64,65)/t32-,42?/m0/s1. The molecule has 4 saturated heterocycles. The number of amides is 3. The fourth-order valence-electron chi connectivity index (χ4n) is 11.2. The molecule has 15 nitrogen and oxygen atoms in total. The normalized spacial score (nSPS) is 20.2. The first-order valence-electron chi connectivity index (χ1n) is 23.9. The van der Waals surface area contributed by atoms with Crippen molar-refractivity contribution in [3.8, 4) is 11.1 Å². The summed E-state index contributed by atoms with van der Waals surface area (Å²) in [6.07, 6.45) is 8.09. The fraction of sp³-hybridized carbons (Fsp3) is 0.451. The summed E-state index contributed by atoms with van der Waals surface area (Å²) in [4.78, 5) is 69.6. The maximum absolute atomic E-state index is 15.6. The van der Waals surface area contributed by atoms with Crippen molar-refractivity contribution in [2.75, 3.05) is 64.6 Å². The number of halogens is 1. The molecule has 4 fully saturated rings. The van der Waals surface area contributed by atoms with E-state index in [9.17, 15) is 19.2 Å². The molecule has 8 heterocycles. The Labute approximate surface area is 389 Å². The number of hydrogen-bond acceptors (Lipinski definition) is 10. The Kier molecular flexibility index (Phi) is 12.3. The second-order valence-corrected chi connectivity index (χ2v) is 19.2. The second kappa shape index (κ2) is 18.5. The van der Waals surface area contributed by atoms with Gasteiger partial charge in [0.2, 0.25) is 11.8 Å². The highest BCUT2D eigenvalue weighted by molar-refractivity contribution is 6.00. The minimum Gasteiger partial charge on any atom is -0.384 e. The number of pyridine rings is 2. The lowest BCUT2D eigenvalue weighted by Gasteiger charge is -2.39. The molecule has 3 N–H and O–H groups in total. The summed E-state index contributed by atoms with van der Waals surface area (Å²) in [6, 6.07) is 19.0. The van der Waals surface area contributed by atoms with Gasteiger partial charge in [-0.2, -0.15) is 0 Å². The number of carbonyl (C=O) groups is 3. The maximum Gasteiger partial charge on any atom is 0.329 e. The molecule has 10 rings (SSSR count). The molecule has 0 aliphatic carbocycles. The number of piperidine rings is 3. The average Bonchev–Trinajstić information content (AvgIpc) is 3.80. The summed E-state index contributed by atoms with van der Waals surface area (Å²) in [5.74, 6) is 0.269. The molecule has 0 radical (unpaired) electrons. The molecular weight excluding hydrogens is 850 g/mol. The maximum atomic E-state index is 15.6. The van der Waals surface area contributed by atoms with Crippen molar-refractivity contribution in [1.29, 1.82) is 0 Å². The zero-order valence-electron chi connectivity index (χ0n) is 38.7. The molecular formula is C51H60FN11O4. The van der Waals surface area contributed by atoms with Crippen LogP contribution < -0.4 is 16.7 Å². The third-order valence-corrected chi connectivity index (χ3v) is 15.3. The number of imide groups is 1. The van der Waals surface area contributed by atoms with Gasteiger partial charge >= 0.3 is 5.69 Å². The van der Waals surface area contributed by atoms with Gasteiger partial charge in [0.05, 0.1) is 11.0 Å². The lowest BCUT2D eigenvalue weighted by molar-refractivity contribution is -0.135. The number of aromatic nitrogens is 5. The van der Waals surface area contributed by atoms with Crippen molar-refractivity contribution in [2.24, 2.45) is 20.0 Å². The zero-order chi connectivity index (χ0) is 46.5. The number of piperazine rings is 1. The second-order valence-electron chi connectivity index (χ2n) is 19.2. The van der Waals surface area contributed by atoms with E-state index in [0.29, 0.717) is 40.8 Å². The lowest BCUT2D eigenvalue weighted by atomic mass is 9.88. The van der Waals surface area contributed by atoms with E-state index in [2.05, 4.69) is 61.7 Å². The van der Waals surface area contributed by atoms with Gasteiger partial charge in [0, 0.05) is 125 Å². The van der Waals surface area contributed by atoms with Crippen molar-refractivity contribution in [3.05, 3.63) is 112 Å². The molecule has 2 atom stereocenters. The molecule has 4 aliphatic heterocycles. The Balaban J connectivity index is 0.676. The molecule has 1 unspecified atom stereocenters. The van der Waals surface area contributed by atoms with E-state index in [4.69, 9.17) is 10.7 Å². The van der Waals surface area contributed by atoms with Crippen molar-refractivity contribution in [2.45, 2.75) is 70.0 Å². The summed E-state index contributed by atoms with van der Waals surface area (Å²) in [6.45, 7) is 10.6. The Hall–Kier alpha value is -6.23. The largest absolute Gasteiger partial charge is 0.384 e. The Bertz CT molecular complexity index is 2880. The molecule has 3 amide bonds. The van der Waals surface area contributed by atoms with Gasteiger partial charge in [-0.05, 0) is 118 Å². The van der Waals surface area contributed by atoms with Gasteiger partial charge in [-0.3, -0.25) is 38.6 Å². The number of hydrogen-bond donors (Lipinski definition) is 2. The van der Waals surface area contributed by atoms with Crippen LogP contribution in [0.25, 0.3) is 33.2 Å². The van der Waals surface area contributed by atoms with Crippen LogP contribution in [-0.4, -0.2) is 120 Å². The highest BCUT2D eigenvalue weighted by Crippen LogP contribution is 2.36. The van der Waals surface area contributed by atoms with Crippen LogP contribution in [0, 0.1) is 11.7 Å². The highest BCUT2D eigenvalue weighted by atomic mass is 19.1. The molecule has 67 heavy (non-hydrogen) atoms. The number of nitrogens with zero attached hydrogens (tertiary/aromatic N) is 9. The predicted octanol–water partition coefficient (Wildman–Crippen LogP) is 5.60. The van der Waals surface area contributed by atoms with Crippen molar-refractivity contribution < 1.29 is 18.8 Å². The first kappa shape index (κ1) is 44.6. The lowest BCUT2D eigenvalue weighted by Crippen LogP contribution is -2.48.